The molecule has 41 heavy (non-hydrogen) atoms. The van der Waals surface area contributed by atoms with Crippen LogP contribution in [0.5, 0.6) is 5.75 Å². The molecule has 0 atom stereocenters. The van der Waals surface area contributed by atoms with Gasteiger partial charge < -0.3 is 19.4 Å². The molecular weight excluding hydrogens is 538 g/mol. The van der Waals surface area contributed by atoms with Crippen molar-refractivity contribution in [1.29, 1.82) is 0 Å². The molecule has 2 aliphatic rings. The molecule has 216 valence electrons. The number of anilines is 1. The maximum Gasteiger partial charge on any atom is 0.410 e. The van der Waals surface area contributed by atoms with Gasteiger partial charge in [-0.15, -0.1) is 0 Å². The maximum absolute atomic E-state index is 13.0. The lowest BCUT2D eigenvalue weighted by atomic mass is 10.0. The van der Waals surface area contributed by atoms with Gasteiger partial charge in [0.2, 0.25) is 0 Å². The second-order valence-electron chi connectivity index (χ2n) is 11.0. The third kappa shape index (κ3) is 9.02. The maximum atomic E-state index is 13.0. The Labute approximate surface area is 247 Å². The zero-order chi connectivity index (χ0) is 29.2. The Morgan fingerprint density at radius 1 is 1.02 bits per heavy atom. The summed E-state index contributed by atoms with van der Waals surface area (Å²) in [7, 11) is 0. The molecule has 0 fully saturated rings. The van der Waals surface area contributed by atoms with E-state index >= 15 is 0 Å². The van der Waals surface area contributed by atoms with Gasteiger partial charge in [0.15, 0.2) is 5.75 Å². The van der Waals surface area contributed by atoms with Crippen LogP contribution < -0.4 is 15.2 Å². The molecule has 0 saturated carbocycles. The highest BCUT2D eigenvalue weighted by Crippen LogP contribution is 2.36. The van der Waals surface area contributed by atoms with E-state index in [0.29, 0.717) is 12.3 Å². The van der Waals surface area contributed by atoms with E-state index in [0.717, 1.165) is 43.0 Å². The first-order valence-corrected chi connectivity index (χ1v) is 14.4. The lowest BCUT2D eigenvalue weighted by Gasteiger charge is -2.31. The molecule has 1 N–H and O–H groups in total. The largest absolute Gasteiger partial charge is 0.444 e. The zero-order valence-corrected chi connectivity index (χ0v) is 24.7. The molecule has 7 nitrogen and oxygen atoms in total. The van der Waals surface area contributed by atoms with Crippen LogP contribution in [0.1, 0.15) is 45.6 Å². The van der Waals surface area contributed by atoms with Crippen molar-refractivity contribution in [2.24, 2.45) is 0 Å². The van der Waals surface area contributed by atoms with Crippen molar-refractivity contribution in [3.8, 4) is 5.75 Å². The first-order chi connectivity index (χ1) is 19.7. The topological polar surface area (TPSA) is 71.1 Å². The van der Waals surface area contributed by atoms with E-state index in [1.807, 2.05) is 51.1 Å². The minimum absolute atomic E-state index is 0.235. The van der Waals surface area contributed by atoms with E-state index in [2.05, 4.69) is 40.7 Å². The number of benzene rings is 2. The van der Waals surface area contributed by atoms with E-state index in [9.17, 15) is 9.59 Å². The highest BCUT2D eigenvalue weighted by atomic mass is 35.5. The third-order valence-corrected chi connectivity index (χ3v) is 6.84. The highest BCUT2D eigenvalue weighted by molar-refractivity contribution is 6.31. The van der Waals surface area contributed by atoms with Gasteiger partial charge in [-0.3, -0.25) is 4.79 Å². The Morgan fingerprint density at radius 2 is 1.78 bits per heavy atom. The standard InChI is InChI=1S/C33H38ClN3O4/c1-33(2,3)40-32(39)36(22-11-16-31(38)35-41-28-13-5-4-6-14-28)21-9-10-23-37-29-15-8-7-12-25(29)17-18-26-19-20-27(34)24-30(26)37/h4-8,11-16,18,20,24H,9-10,17,19,21-23H2,1-3H3,(H,35,38)/b16-11+. The van der Waals surface area contributed by atoms with Crippen molar-refractivity contribution in [3.05, 3.63) is 107 Å². The Bertz CT molecular complexity index is 1340. The van der Waals surface area contributed by atoms with E-state index in [-0.39, 0.29) is 6.54 Å². The van der Waals surface area contributed by atoms with E-state index < -0.39 is 17.6 Å². The Morgan fingerprint density at radius 3 is 2.56 bits per heavy atom. The molecule has 1 aliphatic carbocycles. The van der Waals surface area contributed by atoms with Crippen molar-refractivity contribution in [1.82, 2.24) is 10.4 Å². The number of amides is 2. The van der Waals surface area contributed by atoms with Gasteiger partial charge in [0.25, 0.3) is 5.91 Å². The molecule has 0 aromatic heterocycles. The summed E-state index contributed by atoms with van der Waals surface area (Å²) in [5, 5.41) is 0.752. The molecule has 2 amide bonds. The fraction of sp³-hybridized carbons (Fsp3) is 0.333. The molecule has 8 heteroatoms. The monoisotopic (exact) mass is 575 g/mol. The lowest BCUT2D eigenvalue weighted by molar-refractivity contribution is -0.122. The fourth-order valence-electron chi connectivity index (χ4n) is 4.66. The number of allylic oxidation sites excluding steroid dienone is 5. The number of fused-ring (bicyclic) bond motifs is 2. The molecule has 2 aromatic rings. The van der Waals surface area contributed by atoms with Crippen molar-refractivity contribution >= 4 is 29.3 Å². The number of carbonyl (C=O) groups excluding carboxylic acids is 2. The second-order valence-corrected chi connectivity index (χ2v) is 11.4. The Hall–Kier alpha value is -3.97. The number of hydroxylamine groups is 1. The quantitative estimate of drug-likeness (QED) is 0.186. The molecule has 0 spiro atoms. The van der Waals surface area contributed by atoms with Gasteiger partial charge in [-0.1, -0.05) is 66.2 Å². The zero-order valence-electron chi connectivity index (χ0n) is 23.9. The minimum atomic E-state index is -0.626. The summed E-state index contributed by atoms with van der Waals surface area (Å²) in [5.74, 6) is 0.108. The number of hydrogen-bond donors (Lipinski definition) is 1. The van der Waals surface area contributed by atoms with Crippen LogP contribution in [0.4, 0.5) is 10.5 Å². The fourth-order valence-corrected chi connectivity index (χ4v) is 4.84. The Kier molecular flexibility index (Phi) is 10.3. The SMILES string of the molecule is CC(C)(C)OC(=O)N(C/C=C/C(=O)NOc1ccccc1)CCCCN1C2=CC(Cl)=CCC2=CCc2ccccc21. The van der Waals surface area contributed by atoms with Crippen LogP contribution in [0, 0.1) is 0 Å². The third-order valence-electron chi connectivity index (χ3n) is 6.58. The Balaban J connectivity index is 1.37. The predicted molar refractivity (Wildman–Crippen MR) is 164 cm³/mol. The van der Waals surface area contributed by atoms with Crippen LogP contribution >= 0.6 is 11.6 Å². The number of nitrogens with zero attached hydrogens (tertiary/aromatic N) is 2. The van der Waals surface area contributed by atoms with Gasteiger partial charge in [-0.25, -0.2) is 4.79 Å². The summed E-state index contributed by atoms with van der Waals surface area (Å²) in [6.45, 7) is 7.02. The van der Waals surface area contributed by atoms with Gasteiger partial charge in [0.05, 0.1) is 0 Å². The van der Waals surface area contributed by atoms with E-state index in [4.69, 9.17) is 21.2 Å². The van der Waals surface area contributed by atoms with E-state index in [1.54, 1.807) is 23.1 Å². The summed E-state index contributed by atoms with van der Waals surface area (Å²) in [5.41, 5.74) is 6.63. The minimum Gasteiger partial charge on any atom is -0.444 e. The smallest absolute Gasteiger partial charge is 0.410 e. The van der Waals surface area contributed by atoms with Gasteiger partial charge in [-0.05, 0) is 81.9 Å². The summed E-state index contributed by atoms with van der Waals surface area (Å²) in [4.78, 5) is 34.4. The first-order valence-electron chi connectivity index (χ1n) is 14.0. The summed E-state index contributed by atoms with van der Waals surface area (Å²) >= 11 is 6.42. The van der Waals surface area contributed by atoms with Crippen molar-refractivity contribution in [2.75, 3.05) is 24.5 Å². The van der Waals surface area contributed by atoms with Crippen LogP contribution in [-0.2, 0) is 16.0 Å². The van der Waals surface area contributed by atoms with Crippen LogP contribution in [-0.4, -0.2) is 42.1 Å². The van der Waals surface area contributed by atoms with Crippen LogP contribution in [0.3, 0.4) is 0 Å². The summed E-state index contributed by atoms with van der Waals surface area (Å²) in [6.07, 6.45) is 12.3. The van der Waals surface area contributed by atoms with Crippen molar-refractivity contribution in [3.63, 3.8) is 0 Å². The number of carbonyl (C=O) groups is 2. The van der Waals surface area contributed by atoms with Crippen LogP contribution in [0.25, 0.3) is 0 Å². The normalized spacial score (nSPS) is 14.6. The van der Waals surface area contributed by atoms with E-state index in [1.165, 1.54) is 22.9 Å². The molecule has 0 radical (unpaired) electrons. The second kappa shape index (κ2) is 14.1. The van der Waals surface area contributed by atoms with Gasteiger partial charge in [-0.2, -0.15) is 5.48 Å². The average Bonchev–Trinajstić information content (AvgIpc) is 3.09. The van der Waals surface area contributed by atoms with Gasteiger partial charge in [0, 0.05) is 42.1 Å². The number of nitrogens with one attached hydrogen (secondary N) is 1. The van der Waals surface area contributed by atoms with Crippen LogP contribution in [0.15, 0.2) is 101 Å². The number of ether oxygens (including phenoxy) is 1. The summed E-state index contributed by atoms with van der Waals surface area (Å²) < 4.78 is 5.64. The van der Waals surface area contributed by atoms with Crippen LogP contribution in [0.2, 0.25) is 0 Å². The summed E-state index contributed by atoms with van der Waals surface area (Å²) in [6, 6.07) is 17.4. The van der Waals surface area contributed by atoms with Crippen molar-refractivity contribution < 1.29 is 19.2 Å². The number of halogens is 1. The molecule has 0 unspecified atom stereocenters. The molecule has 1 aliphatic heterocycles. The molecule has 0 bridgehead atoms. The molecule has 4 rings (SSSR count). The highest BCUT2D eigenvalue weighted by Gasteiger charge is 2.24. The average molecular weight is 576 g/mol. The molecule has 0 saturated heterocycles. The molecule has 2 aromatic carbocycles. The number of unbranched alkanes of at least 4 members (excludes halogenated alkanes) is 1. The number of hydrogen-bond acceptors (Lipinski definition) is 5. The molecule has 1 heterocycles. The van der Waals surface area contributed by atoms with Gasteiger partial charge in [0.1, 0.15) is 5.60 Å². The molecular formula is C33H38ClN3O4. The van der Waals surface area contributed by atoms with Gasteiger partial charge >= 0.3 is 6.09 Å². The first kappa shape index (κ1) is 30.0. The lowest BCUT2D eigenvalue weighted by Crippen LogP contribution is -2.38. The number of para-hydroxylation sites is 2. The number of rotatable bonds is 10. The van der Waals surface area contributed by atoms with Crippen molar-refractivity contribution in [2.45, 2.75) is 52.1 Å². The predicted octanol–water partition coefficient (Wildman–Crippen LogP) is 7.07.